The molecule has 1 amide bonds. The number of amides is 1. The zero-order chi connectivity index (χ0) is 19.7. The van der Waals surface area contributed by atoms with Gasteiger partial charge in [0.1, 0.15) is 5.52 Å². The van der Waals surface area contributed by atoms with Gasteiger partial charge in [0.05, 0.1) is 16.3 Å². The number of aryl methyl sites for hydroxylation is 1. The molecule has 0 fully saturated rings. The number of hydrogen-bond acceptors (Lipinski definition) is 3. The van der Waals surface area contributed by atoms with Gasteiger partial charge in [-0.2, -0.15) is 0 Å². The van der Waals surface area contributed by atoms with E-state index in [4.69, 9.17) is 16.0 Å². The number of anilines is 1. The van der Waals surface area contributed by atoms with Gasteiger partial charge in [0.15, 0.2) is 5.58 Å². The lowest BCUT2D eigenvalue weighted by Gasteiger charge is -2.09. The zero-order valence-corrected chi connectivity index (χ0v) is 17.3. The predicted molar refractivity (Wildman–Crippen MR) is 116 cm³/mol. The van der Waals surface area contributed by atoms with Gasteiger partial charge in [-0.3, -0.25) is 4.79 Å². The Labute approximate surface area is 175 Å². The summed E-state index contributed by atoms with van der Waals surface area (Å²) in [4.78, 5) is 17.2. The van der Waals surface area contributed by atoms with Crippen molar-refractivity contribution in [2.24, 2.45) is 0 Å². The topological polar surface area (TPSA) is 55.1 Å². The van der Waals surface area contributed by atoms with Crippen molar-refractivity contribution in [2.75, 3.05) is 5.32 Å². The average molecular weight is 456 g/mol. The van der Waals surface area contributed by atoms with Crippen molar-refractivity contribution in [2.45, 2.75) is 13.3 Å². The number of benzene rings is 3. The summed E-state index contributed by atoms with van der Waals surface area (Å²) in [6.45, 7) is 2.10. The van der Waals surface area contributed by atoms with E-state index in [0.29, 0.717) is 26.6 Å². The Bertz CT molecular complexity index is 1190. The molecule has 0 saturated carbocycles. The van der Waals surface area contributed by atoms with Gasteiger partial charge in [-0.15, -0.1) is 0 Å². The Hall–Kier alpha value is -2.63. The van der Waals surface area contributed by atoms with E-state index >= 15 is 0 Å². The molecule has 3 aromatic carbocycles. The van der Waals surface area contributed by atoms with Crippen molar-refractivity contribution < 1.29 is 9.21 Å². The highest BCUT2D eigenvalue weighted by Crippen LogP contribution is 2.31. The van der Waals surface area contributed by atoms with Gasteiger partial charge in [-0.25, -0.2) is 4.98 Å². The number of rotatable bonds is 4. The molecule has 0 unspecified atom stereocenters. The van der Waals surface area contributed by atoms with Crippen LogP contribution in [0.25, 0.3) is 22.6 Å². The number of carbonyl (C=O) groups is 1. The van der Waals surface area contributed by atoms with Crippen LogP contribution in [0.15, 0.2) is 69.6 Å². The summed E-state index contributed by atoms with van der Waals surface area (Å²) in [5.41, 5.74) is 4.49. The average Bonchev–Trinajstić information content (AvgIpc) is 3.13. The third-order valence-electron chi connectivity index (χ3n) is 4.44. The number of aromatic nitrogens is 1. The second kappa shape index (κ2) is 7.78. The summed E-state index contributed by atoms with van der Waals surface area (Å²) in [7, 11) is 0. The van der Waals surface area contributed by atoms with Gasteiger partial charge in [0, 0.05) is 10.0 Å². The molecular weight excluding hydrogens is 440 g/mol. The minimum atomic E-state index is -0.253. The van der Waals surface area contributed by atoms with E-state index in [2.05, 4.69) is 33.2 Å². The van der Waals surface area contributed by atoms with Crippen LogP contribution in [-0.2, 0) is 6.42 Å². The molecule has 0 bridgehead atoms. The van der Waals surface area contributed by atoms with Crippen LogP contribution in [0.2, 0.25) is 5.02 Å². The summed E-state index contributed by atoms with van der Waals surface area (Å²) >= 11 is 9.69. The maximum Gasteiger partial charge on any atom is 0.256 e. The minimum absolute atomic E-state index is 0.253. The quantitative estimate of drug-likeness (QED) is 0.371. The van der Waals surface area contributed by atoms with E-state index in [-0.39, 0.29) is 5.91 Å². The highest BCUT2D eigenvalue weighted by molar-refractivity contribution is 9.10. The smallest absolute Gasteiger partial charge is 0.256 e. The molecule has 0 aliphatic rings. The first-order valence-electron chi connectivity index (χ1n) is 8.80. The first kappa shape index (κ1) is 18.7. The molecule has 140 valence electrons. The lowest BCUT2D eigenvalue weighted by Crippen LogP contribution is -2.12. The van der Waals surface area contributed by atoms with E-state index in [1.807, 2.05) is 36.4 Å². The number of nitrogens with zero attached hydrogens (tertiary/aromatic N) is 1. The van der Waals surface area contributed by atoms with Gasteiger partial charge in [-0.05, 0) is 70.4 Å². The first-order valence-corrected chi connectivity index (χ1v) is 9.97. The monoisotopic (exact) mass is 454 g/mol. The molecule has 4 nitrogen and oxygen atoms in total. The van der Waals surface area contributed by atoms with Crippen LogP contribution < -0.4 is 5.32 Å². The molecule has 1 heterocycles. The molecule has 0 aliphatic carbocycles. The molecule has 0 radical (unpaired) electrons. The third kappa shape index (κ3) is 3.68. The predicted octanol–water partition coefficient (Wildman–Crippen LogP) is 6.73. The fourth-order valence-corrected chi connectivity index (χ4v) is 3.54. The van der Waals surface area contributed by atoms with Gasteiger partial charge < -0.3 is 9.73 Å². The highest BCUT2D eigenvalue weighted by Gasteiger charge is 2.14. The molecule has 1 aromatic heterocycles. The molecular formula is C22H16BrClN2O2. The minimum Gasteiger partial charge on any atom is -0.436 e. The Morgan fingerprint density at radius 1 is 1.14 bits per heavy atom. The number of fused-ring (bicyclic) bond motifs is 1. The Kier molecular flexibility index (Phi) is 5.20. The number of halogens is 2. The van der Waals surface area contributed by atoms with Crippen LogP contribution in [0.4, 0.5) is 5.69 Å². The number of oxazole rings is 1. The fraction of sp³-hybridized carbons (Fsp3) is 0.0909. The fourth-order valence-electron chi connectivity index (χ4n) is 2.91. The van der Waals surface area contributed by atoms with Crippen LogP contribution in [0.1, 0.15) is 22.8 Å². The maximum absolute atomic E-state index is 12.6. The van der Waals surface area contributed by atoms with Crippen molar-refractivity contribution in [1.29, 1.82) is 0 Å². The van der Waals surface area contributed by atoms with Crippen LogP contribution in [0, 0.1) is 0 Å². The van der Waals surface area contributed by atoms with Crippen LogP contribution in [0.5, 0.6) is 0 Å². The molecule has 0 saturated heterocycles. The molecule has 4 rings (SSSR count). The summed E-state index contributed by atoms with van der Waals surface area (Å²) in [5, 5.41) is 3.30. The van der Waals surface area contributed by atoms with Crippen molar-refractivity contribution in [3.8, 4) is 11.5 Å². The molecule has 0 spiro atoms. The molecule has 4 aromatic rings. The van der Waals surface area contributed by atoms with Crippen molar-refractivity contribution >= 4 is 50.2 Å². The van der Waals surface area contributed by atoms with Crippen molar-refractivity contribution in [3.05, 3.63) is 81.3 Å². The number of nitrogens with one attached hydrogen (secondary N) is 1. The van der Waals surface area contributed by atoms with Crippen LogP contribution in [-0.4, -0.2) is 10.9 Å². The molecule has 1 N–H and O–H groups in total. The highest BCUT2D eigenvalue weighted by atomic mass is 79.9. The van der Waals surface area contributed by atoms with Crippen molar-refractivity contribution in [3.63, 3.8) is 0 Å². The Balaban J connectivity index is 1.67. The maximum atomic E-state index is 12.6. The lowest BCUT2D eigenvalue weighted by atomic mass is 10.1. The zero-order valence-electron chi connectivity index (χ0n) is 15.0. The van der Waals surface area contributed by atoms with Gasteiger partial charge >= 0.3 is 0 Å². The van der Waals surface area contributed by atoms with Gasteiger partial charge in [0.2, 0.25) is 5.89 Å². The summed E-state index contributed by atoms with van der Waals surface area (Å²) < 4.78 is 6.60. The normalized spacial score (nSPS) is 11.0. The van der Waals surface area contributed by atoms with E-state index in [1.165, 1.54) is 5.56 Å². The van der Waals surface area contributed by atoms with E-state index in [9.17, 15) is 4.79 Å². The van der Waals surface area contributed by atoms with Gasteiger partial charge in [0.25, 0.3) is 5.91 Å². The molecule has 28 heavy (non-hydrogen) atoms. The molecule has 0 atom stereocenters. The van der Waals surface area contributed by atoms with E-state index in [0.717, 1.165) is 23.1 Å². The largest absolute Gasteiger partial charge is 0.436 e. The Morgan fingerprint density at radius 3 is 2.75 bits per heavy atom. The number of carbonyl (C=O) groups excluding carboxylic acids is 1. The molecule has 0 aliphatic heterocycles. The Morgan fingerprint density at radius 2 is 1.96 bits per heavy atom. The van der Waals surface area contributed by atoms with Gasteiger partial charge in [-0.1, -0.05) is 36.7 Å². The SMILES string of the molecule is CCc1ccc2oc(-c3ccc(Cl)c(NC(=O)c4ccccc4Br)c3)nc2c1. The van der Waals surface area contributed by atoms with E-state index in [1.54, 1.807) is 24.3 Å². The summed E-state index contributed by atoms with van der Waals surface area (Å²) in [6, 6.07) is 18.5. The second-order valence-electron chi connectivity index (χ2n) is 6.30. The van der Waals surface area contributed by atoms with Crippen LogP contribution >= 0.6 is 27.5 Å². The van der Waals surface area contributed by atoms with Crippen LogP contribution in [0.3, 0.4) is 0 Å². The second-order valence-corrected chi connectivity index (χ2v) is 7.56. The molecule has 6 heteroatoms. The first-order chi connectivity index (χ1) is 13.5. The number of hydrogen-bond donors (Lipinski definition) is 1. The standard InChI is InChI=1S/C22H16BrClN2O2/c1-2-13-7-10-20-19(11-13)26-22(28-20)14-8-9-17(24)18(12-14)25-21(27)15-5-3-4-6-16(15)23/h3-12H,2H2,1H3,(H,25,27). The summed E-state index contributed by atoms with van der Waals surface area (Å²) in [6.07, 6.45) is 0.935. The van der Waals surface area contributed by atoms with E-state index < -0.39 is 0 Å². The lowest BCUT2D eigenvalue weighted by molar-refractivity contribution is 0.102. The van der Waals surface area contributed by atoms with Crippen molar-refractivity contribution in [1.82, 2.24) is 4.98 Å². The third-order valence-corrected chi connectivity index (χ3v) is 5.46. The summed E-state index contributed by atoms with van der Waals surface area (Å²) in [5.74, 6) is 0.230.